The van der Waals surface area contributed by atoms with Crippen LogP contribution in [-0.2, 0) is 4.79 Å². The number of furan rings is 1. The largest absolute Gasteiger partial charge is 0.451 e. The van der Waals surface area contributed by atoms with Gasteiger partial charge >= 0.3 is 0 Å². The Bertz CT molecular complexity index is 695. The summed E-state index contributed by atoms with van der Waals surface area (Å²) >= 11 is 3.38. The van der Waals surface area contributed by atoms with Crippen LogP contribution >= 0.6 is 15.9 Å². The van der Waals surface area contributed by atoms with Gasteiger partial charge in [-0.05, 0) is 37.1 Å². The van der Waals surface area contributed by atoms with Gasteiger partial charge in [0.1, 0.15) is 11.6 Å². The Kier molecular flexibility index (Phi) is 3.25. The van der Waals surface area contributed by atoms with Crippen molar-refractivity contribution in [1.82, 2.24) is 4.90 Å². The van der Waals surface area contributed by atoms with Crippen LogP contribution in [0.15, 0.2) is 33.2 Å². The van der Waals surface area contributed by atoms with Crippen LogP contribution in [0, 0.1) is 0 Å². The lowest BCUT2D eigenvalue weighted by Gasteiger charge is -2.20. The molecule has 0 saturated carbocycles. The standard InChI is InChI=1S/C14H13BrN2O3/c15-9-3-4-11-8(6-9)7-12(20-11)14(19)17-5-1-2-10(17)13(16)18/h3-4,6-7,10H,1-2,5H2,(H2,16,18). The Labute approximate surface area is 123 Å². The molecule has 2 amide bonds. The van der Waals surface area contributed by atoms with Crippen molar-refractivity contribution >= 4 is 38.7 Å². The molecule has 104 valence electrons. The summed E-state index contributed by atoms with van der Waals surface area (Å²) in [6.07, 6.45) is 1.40. The van der Waals surface area contributed by atoms with Gasteiger partial charge in [0.15, 0.2) is 5.76 Å². The van der Waals surface area contributed by atoms with Gasteiger partial charge in [-0.25, -0.2) is 0 Å². The van der Waals surface area contributed by atoms with Crippen LogP contribution in [0.2, 0.25) is 0 Å². The molecule has 1 aromatic carbocycles. The summed E-state index contributed by atoms with van der Waals surface area (Å²) in [7, 11) is 0. The molecule has 1 saturated heterocycles. The Hall–Kier alpha value is -1.82. The average Bonchev–Trinajstić information content (AvgIpc) is 3.03. The molecular weight excluding hydrogens is 324 g/mol. The third-order valence-electron chi connectivity index (χ3n) is 3.53. The molecule has 1 unspecified atom stereocenters. The number of amides is 2. The van der Waals surface area contributed by atoms with Crippen LogP contribution in [0.4, 0.5) is 0 Å². The van der Waals surface area contributed by atoms with Crippen molar-refractivity contribution in [3.8, 4) is 0 Å². The number of benzene rings is 1. The number of nitrogens with two attached hydrogens (primary N) is 1. The Balaban J connectivity index is 1.94. The Morgan fingerprint density at radius 3 is 2.90 bits per heavy atom. The first-order valence-electron chi connectivity index (χ1n) is 6.35. The van der Waals surface area contributed by atoms with E-state index in [0.29, 0.717) is 18.5 Å². The van der Waals surface area contributed by atoms with Crippen molar-refractivity contribution < 1.29 is 14.0 Å². The molecule has 2 N–H and O–H groups in total. The molecule has 2 aromatic rings. The van der Waals surface area contributed by atoms with Crippen molar-refractivity contribution in [2.24, 2.45) is 5.73 Å². The van der Waals surface area contributed by atoms with E-state index < -0.39 is 11.9 Å². The van der Waals surface area contributed by atoms with Gasteiger partial charge in [-0.1, -0.05) is 15.9 Å². The highest BCUT2D eigenvalue weighted by Crippen LogP contribution is 2.26. The quantitative estimate of drug-likeness (QED) is 0.913. The zero-order valence-corrected chi connectivity index (χ0v) is 12.2. The van der Waals surface area contributed by atoms with Gasteiger partial charge < -0.3 is 15.1 Å². The van der Waals surface area contributed by atoms with Crippen LogP contribution < -0.4 is 5.73 Å². The number of hydrogen-bond donors (Lipinski definition) is 1. The maximum Gasteiger partial charge on any atom is 0.290 e. The van der Waals surface area contributed by atoms with Crippen molar-refractivity contribution in [3.63, 3.8) is 0 Å². The maximum absolute atomic E-state index is 12.4. The molecule has 0 radical (unpaired) electrons. The number of fused-ring (bicyclic) bond motifs is 1. The molecule has 5 nitrogen and oxygen atoms in total. The predicted octanol–water partition coefficient (Wildman–Crippen LogP) is 2.29. The number of nitrogens with zero attached hydrogens (tertiary/aromatic N) is 1. The molecule has 0 aliphatic carbocycles. The average molecular weight is 337 g/mol. The second-order valence-electron chi connectivity index (χ2n) is 4.85. The molecule has 2 heterocycles. The molecule has 0 spiro atoms. The zero-order chi connectivity index (χ0) is 14.3. The molecule has 3 rings (SSSR count). The summed E-state index contributed by atoms with van der Waals surface area (Å²) in [4.78, 5) is 25.3. The van der Waals surface area contributed by atoms with E-state index in [2.05, 4.69) is 15.9 Å². The summed E-state index contributed by atoms with van der Waals surface area (Å²) in [6.45, 7) is 0.535. The van der Waals surface area contributed by atoms with Gasteiger partial charge in [-0.15, -0.1) is 0 Å². The summed E-state index contributed by atoms with van der Waals surface area (Å²) in [5.41, 5.74) is 5.97. The van der Waals surface area contributed by atoms with Crippen molar-refractivity contribution in [3.05, 3.63) is 34.5 Å². The highest BCUT2D eigenvalue weighted by molar-refractivity contribution is 9.10. The highest BCUT2D eigenvalue weighted by Gasteiger charge is 2.34. The molecule has 1 aliphatic rings. The number of halogens is 1. The Morgan fingerprint density at radius 1 is 1.35 bits per heavy atom. The minimum absolute atomic E-state index is 0.242. The van der Waals surface area contributed by atoms with E-state index in [-0.39, 0.29) is 11.7 Å². The summed E-state index contributed by atoms with van der Waals surface area (Å²) in [5, 5.41) is 0.845. The van der Waals surface area contributed by atoms with Crippen LogP contribution in [-0.4, -0.2) is 29.3 Å². The van der Waals surface area contributed by atoms with Gasteiger partial charge in [0.05, 0.1) is 0 Å². The third kappa shape index (κ3) is 2.20. The van der Waals surface area contributed by atoms with Crippen molar-refractivity contribution in [2.45, 2.75) is 18.9 Å². The summed E-state index contributed by atoms with van der Waals surface area (Å²) in [5.74, 6) is -0.500. The zero-order valence-electron chi connectivity index (χ0n) is 10.6. The van der Waals surface area contributed by atoms with E-state index >= 15 is 0 Å². The van der Waals surface area contributed by atoms with E-state index in [4.69, 9.17) is 10.2 Å². The SMILES string of the molecule is NC(=O)C1CCCN1C(=O)c1cc2cc(Br)ccc2o1. The molecular formula is C14H13BrN2O3. The molecule has 1 atom stereocenters. The monoisotopic (exact) mass is 336 g/mol. The fourth-order valence-electron chi connectivity index (χ4n) is 2.57. The lowest BCUT2D eigenvalue weighted by molar-refractivity contribution is -0.121. The van der Waals surface area contributed by atoms with E-state index in [1.165, 1.54) is 4.90 Å². The molecule has 1 aromatic heterocycles. The second kappa shape index (κ2) is 4.94. The van der Waals surface area contributed by atoms with E-state index in [1.807, 2.05) is 12.1 Å². The van der Waals surface area contributed by atoms with Gasteiger partial charge in [-0.2, -0.15) is 0 Å². The molecule has 0 bridgehead atoms. The number of likely N-dealkylation sites (tertiary alicyclic amines) is 1. The lowest BCUT2D eigenvalue weighted by Crippen LogP contribution is -2.43. The minimum Gasteiger partial charge on any atom is -0.451 e. The number of carbonyl (C=O) groups excluding carboxylic acids is 2. The van der Waals surface area contributed by atoms with E-state index in [0.717, 1.165) is 16.3 Å². The normalized spacial score (nSPS) is 18.6. The molecule has 20 heavy (non-hydrogen) atoms. The minimum atomic E-state index is -0.526. The van der Waals surface area contributed by atoms with Crippen LogP contribution in [0.25, 0.3) is 11.0 Å². The smallest absolute Gasteiger partial charge is 0.290 e. The fraction of sp³-hybridized carbons (Fsp3) is 0.286. The third-order valence-corrected chi connectivity index (χ3v) is 4.02. The topological polar surface area (TPSA) is 76.5 Å². The molecule has 6 heteroatoms. The first-order chi connectivity index (χ1) is 9.56. The van der Waals surface area contributed by atoms with Gasteiger partial charge in [-0.3, -0.25) is 9.59 Å². The summed E-state index contributed by atoms with van der Waals surface area (Å²) in [6, 6.07) is 6.69. The van der Waals surface area contributed by atoms with Gasteiger partial charge in [0, 0.05) is 16.4 Å². The predicted molar refractivity (Wildman–Crippen MR) is 77.2 cm³/mol. The van der Waals surface area contributed by atoms with Crippen LogP contribution in [0.5, 0.6) is 0 Å². The van der Waals surface area contributed by atoms with Gasteiger partial charge in [0.25, 0.3) is 5.91 Å². The highest BCUT2D eigenvalue weighted by atomic mass is 79.9. The molecule has 1 aliphatic heterocycles. The van der Waals surface area contributed by atoms with Crippen LogP contribution in [0.3, 0.4) is 0 Å². The van der Waals surface area contributed by atoms with Crippen molar-refractivity contribution in [2.75, 3.05) is 6.54 Å². The second-order valence-corrected chi connectivity index (χ2v) is 5.77. The number of primary amides is 1. The first kappa shape index (κ1) is 13.2. The molecule has 1 fully saturated rings. The first-order valence-corrected chi connectivity index (χ1v) is 7.15. The Morgan fingerprint density at radius 2 is 2.15 bits per heavy atom. The van der Waals surface area contributed by atoms with E-state index in [1.54, 1.807) is 12.1 Å². The summed E-state index contributed by atoms with van der Waals surface area (Å²) < 4.78 is 6.48. The van der Waals surface area contributed by atoms with E-state index in [9.17, 15) is 9.59 Å². The van der Waals surface area contributed by atoms with Gasteiger partial charge in [0.2, 0.25) is 5.91 Å². The van der Waals surface area contributed by atoms with Crippen LogP contribution in [0.1, 0.15) is 23.4 Å². The number of hydrogen-bond acceptors (Lipinski definition) is 3. The van der Waals surface area contributed by atoms with Crippen molar-refractivity contribution in [1.29, 1.82) is 0 Å². The number of rotatable bonds is 2. The maximum atomic E-state index is 12.4. The lowest BCUT2D eigenvalue weighted by atomic mass is 10.2. The fourth-order valence-corrected chi connectivity index (χ4v) is 2.95. The number of carbonyl (C=O) groups is 2.